The van der Waals surface area contributed by atoms with E-state index in [0.29, 0.717) is 43.0 Å². The summed E-state index contributed by atoms with van der Waals surface area (Å²) >= 11 is 0. The second kappa shape index (κ2) is 11.7. The topological polar surface area (TPSA) is 111 Å². The van der Waals surface area contributed by atoms with Crippen LogP contribution in [0.15, 0.2) is 47.6 Å². The van der Waals surface area contributed by atoms with Crippen LogP contribution in [0.3, 0.4) is 0 Å². The summed E-state index contributed by atoms with van der Waals surface area (Å²) in [4.78, 5) is 14.3. The molecule has 0 fully saturated rings. The highest BCUT2D eigenvalue weighted by Gasteiger charge is 2.10. The molecule has 0 aliphatic heterocycles. The lowest BCUT2D eigenvalue weighted by molar-refractivity contribution is 0.0954. The number of nitrogens with zero attached hydrogens (tertiary/aromatic N) is 4. The van der Waals surface area contributed by atoms with Crippen LogP contribution in [0.25, 0.3) is 0 Å². The summed E-state index contributed by atoms with van der Waals surface area (Å²) in [6.45, 7) is 1.12. The van der Waals surface area contributed by atoms with Crippen molar-refractivity contribution in [3.8, 4) is 23.6 Å². The lowest BCUT2D eigenvalue weighted by atomic mass is 10.2. The zero-order chi connectivity index (χ0) is 21.8. The quantitative estimate of drug-likeness (QED) is 0.480. The fraction of sp³-hybridized carbons (Fsp3) is 0.273. The van der Waals surface area contributed by atoms with E-state index >= 15 is 0 Å². The van der Waals surface area contributed by atoms with E-state index < -0.39 is 0 Å². The van der Waals surface area contributed by atoms with Gasteiger partial charge in [0.15, 0.2) is 11.5 Å². The van der Waals surface area contributed by atoms with Gasteiger partial charge in [0.2, 0.25) is 0 Å². The van der Waals surface area contributed by atoms with E-state index in [1.165, 1.54) is 20.4 Å². The molecule has 8 nitrogen and oxygen atoms in total. The van der Waals surface area contributed by atoms with Crippen LogP contribution in [-0.4, -0.2) is 39.4 Å². The maximum absolute atomic E-state index is 12.3. The Morgan fingerprint density at radius 2 is 1.67 bits per heavy atom. The Bertz CT molecular complexity index is 940. The standard InChI is InChI=1S/C22H23N5O3/c1-29-20-10-7-18(15-21(20)30-2)22(28)26-25-16-17-5-8-19(9-6-17)27(13-3-11-23)14-4-12-24/h5-10,15-16H,3-4,13-14H2,1-2H3,(H,26,28). The molecular formula is C22H23N5O3. The van der Waals surface area contributed by atoms with Gasteiger partial charge in [0, 0.05) is 24.3 Å². The van der Waals surface area contributed by atoms with Crippen molar-refractivity contribution in [2.75, 3.05) is 32.2 Å². The highest BCUT2D eigenvalue weighted by atomic mass is 16.5. The van der Waals surface area contributed by atoms with Crippen molar-refractivity contribution >= 4 is 17.8 Å². The highest BCUT2D eigenvalue weighted by Crippen LogP contribution is 2.27. The van der Waals surface area contributed by atoms with Gasteiger partial charge in [-0.1, -0.05) is 12.1 Å². The van der Waals surface area contributed by atoms with Gasteiger partial charge in [0.25, 0.3) is 5.91 Å². The first-order chi connectivity index (χ1) is 14.6. The molecule has 30 heavy (non-hydrogen) atoms. The molecule has 1 amide bonds. The maximum atomic E-state index is 12.3. The Balaban J connectivity index is 2.00. The predicted molar refractivity (Wildman–Crippen MR) is 114 cm³/mol. The number of ether oxygens (including phenoxy) is 2. The van der Waals surface area contributed by atoms with Gasteiger partial charge in [-0.3, -0.25) is 4.79 Å². The number of nitriles is 2. The SMILES string of the molecule is COc1ccc(C(=O)NN=Cc2ccc(N(CCC#N)CCC#N)cc2)cc1OC. The summed E-state index contributed by atoms with van der Waals surface area (Å²) in [5.74, 6) is 0.626. The molecule has 2 aromatic rings. The normalized spacial score (nSPS) is 10.1. The number of nitrogens with one attached hydrogen (secondary N) is 1. The number of methoxy groups -OCH3 is 2. The number of benzene rings is 2. The number of hydrogen-bond donors (Lipinski definition) is 1. The van der Waals surface area contributed by atoms with E-state index in [0.717, 1.165) is 11.3 Å². The monoisotopic (exact) mass is 405 g/mol. The van der Waals surface area contributed by atoms with Crippen LogP contribution in [-0.2, 0) is 0 Å². The molecule has 0 saturated carbocycles. The fourth-order valence-corrected chi connectivity index (χ4v) is 2.72. The molecule has 0 aliphatic rings. The first-order valence-electron chi connectivity index (χ1n) is 9.27. The molecule has 0 aromatic heterocycles. The Labute approximate surface area is 175 Å². The Kier molecular flexibility index (Phi) is 8.70. The summed E-state index contributed by atoms with van der Waals surface area (Å²) in [6.07, 6.45) is 2.31. The van der Waals surface area contributed by atoms with E-state index in [1.54, 1.807) is 18.2 Å². The number of hydrogen-bond acceptors (Lipinski definition) is 7. The molecule has 1 N–H and O–H groups in total. The van der Waals surface area contributed by atoms with Crippen molar-refractivity contribution in [2.24, 2.45) is 5.10 Å². The number of hydrazone groups is 1. The summed E-state index contributed by atoms with van der Waals surface area (Å²) in [5.41, 5.74) is 4.60. The second-order valence-corrected chi connectivity index (χ2v) is 6.16. The number of rotatable bonds is 10. The van der Waals surface area contributed by atoms with E-state index in [9.17, 15) is 4.79 Å². The average molecular weight is 405 g/mol. The lowest BCUT2D eigenvalue weighted by Crippen LogP contribution is -2.25. The maximum Gasteiger partial charge on any atom is 0.271 e. The Morgan fingerprint density at radius 3 is 2.23 bits per heavy atom. The van der Waals surface area contributed by atoms with Gasteiger partial charge in [-0.15, -0.1) is 0 Å². The van der Waals surface area contributed by atoms with Gasteiger partial charge in [-0.25, -0.2) is 5.43 Å². The summed E-state index contributed by atoms with van der Waals surface area (Å²) in [5, 5.41) is 21.6. The Hall–Kier alpha value is -4.04. The van der Waals surface area contributed by atoms with Crippen LogP contribution >= 0.6 is 0 Å². The molecule has 0 atom stereocenters. The summed E-state index contributed by atoms with van der Waals surface area (Å²) < 4.78 is 10.4. The molecule has 0 saturated heterocycles. The molecule has 0 aliphatic carbocycles. The minimum Gasteiger partial charge on any atom is -0.493 e. The smallest absolute Gasteiger partial charge is 0.271 e. The van der Waals surface area contributed by atoms with Crippen LogP contribution in [0.5, 0.6) is 11.5 Å². The van der Waals surface area contributed by atoms with Crippen molar-refractivity contribution in [2.45, 2.75) is 12.8 Å². The van der Waals surface area contributed by atoms with E-state index in [4.69, 9.17) is 20.0 Å². The molecule has 0 unspecified atom stereocenters. The Morgan fingerprint density at radius 1 is 1.03 bits per heavy atom. The zero-order valence-corrected chi connectivity index (χ0v) is 17.0. The van der Waals surface area contributed by atoms with Crippen molar-refractivity contribution in [3.05, 3.63) is 53.6 Å². The van der Waals surface area contributed by atoms with E-state index in [-0.39, 0.29) is 5.91 Å². The van der Waals surface area contributed by atoms with Crippen molar-refractivity contribution < 1.29 is 14.3 Å². The molecule has 8 heteroatoms. The minimum atomic E-state index is -0.372. The zero-order valence-electron chi connectivity index (χ0n) is 17.0. The van der Waals surface area contributed by atoms with Gasteiger partial charge in [-0.2, -0.15) is 15.6 Å². The molecule has 0 spiro atoms. The molecule has 2 rings (SSSR count). The molecule has 0 radical (unpaired) electrons. The van der Waals surface area contributed by atoms with Gasteiger partial charge >= 0.3 is 0 Å². The van der Waals surface area contributed by atoms with Crippen molar-refractivity contribution in [1.82, 2.24) is 5.43 Å². The van der Waals surface area contributed by atoms with Crippen molar-refractivity contribution in [1.29, 1.82) is 10.5 Å². The fourth-order valence-electron chi connectivity index (χ4n) is 2.72. The third-order valence-corrected chi connectivity index (χ3v) is 4.27. The molecule has 2 aromatic carbocycles. The van der Waals surface area contributed by atoms with Crippen LogP contribution in [0.1, 0.15) is 28.8 Å². The largest absolute Gasteiger partial charge is 0.493 e. The van der Waals surface area contributed by atoms with Crippen LogP contribution < -0.4 is 19.8 Å². The average Bonchev–Trinajstić information content (AvgIpc) is 2.79. The number of amides is 1. The first kappa shape index (κ1) is 22.3. The predicted octanol–water partition coefficient (Wildman–Crippen LogP) is 3.10. The van der Waals surface area contributed by atoms with Gasteiger partial charge in [0.1, 0.15) is 0 Å². The highest BCUT2D eigenvalue weighted by molar-refractivity contribution is 5.95. The molecule has 154 valence electrons. The number of carbonyl (C=O) groups excluding carboxylic acids is 1. The summed E-state index contributed by atoms with van der Waals surface area (Å²) in [6, 6.07) is 16.6. The van der Waals surface area contributed by atoms with Gasteiger partial charge in [-0.05, 0) is 35.9 Å². The van der Waals surface area contributed by atoms with Crippen LogP contribution in [0, 0.1) is 22.7 Å². The minimum absolute atomic E-state index is 0.372. The molecule has 0 heterocycles. The summed E-state index contributed by atoms with van der Waals surface area (Å²) in [7, 11) is 3.03. The molecular weight excluding hydrogens is 382 g/mol. The van der Waals surface area contributed by atoms with Gasteiger partial charge < -0.3 is 14.4 Å². The molecule has 0 bridgehead atoms. The lowest BCUT2D eigenvalue weighted by Gasteiger charge is -2.22. The van der Waals surface area contributed by atoms with Gasteiger partial charge in [0.05, 0.1) is 45.4 Å². The van der Waals surface area contributed by atoms with Crippen LogP contribution in [0.2, 0.25) is 0 Å². The van der Waals surface area contributed by atoms with Crippen molar-refractivity contribution in [3.63, 3.8) is 0 Å². The van der Waals surface area contributed by atoms with Crippen LogP contribution in [0.4, 0.5) is 5.69 Å². The number of carbonyl (C=O) groups is 1. The third-order valence-electron chi connectivity index (χ3n) is 4.27. The van der Waals surface area contributed by atoms with E-state index in [1.807, 2.05) is 29.2 Å². The number of anilines is 1. The van der Waals surface area contributed by atoms with E-state index in [2.05, 4.69) is 22.7 Å². The first-order valence-corrected chi connectivity index (χ1v) is 9.27. The second-order valence-electron chi connectivity index (χ2n) is 6.16. The third kappa shape index (κ3) is 6.25.